The van der Waals surface area contributed by atoms with Gasteiger partial charge in [-0.1, -0.05) is 0 Å². The molecular formula is C11H16N2O3. The lowest BCUT2D eigenvalue weighted by molar-refractivity contribution is -0.121. The zero-order valence-corrected chi connectivity index (χ0v) is 9.31. The minimum atomic E-state index is -0.101. The van der Waals surface area contributed by atoms with Crippen molar-refractivity contribution in [2.75, 3.05) is 20.3 Å². The van der Waals surface area contributed by atoms with Crippen LogP contribution in [0, 0.1) is 0 Å². The van der Waals surface area contributed by atoms with Crippen molar-refractivity contribution in [1.82, 2.24) is 9.88 Å². The maximum atomic E-state index is 11.5. The van der Waals surface area contributed by atoms with Gasteiger partial charge in [0.2, 0.25) is 5.91 Å². The molecule has 0 aromatic carbocycles. The van der Waals surface area contributed by atoms with Crippen LogP contribution in [0.3, 0.4) is 0 Å². The fourth-order valence-corrected chi connectivity index (χ4v) is 1.33. The van der Waals surface area contributed by atoms with Gasteiger partial charge in [0, 0.05) is 26.5 Å². The molecule has 0 bridgehead atoms. The third-order valence-corrected chi connectivity index (χ3v) is 2.15. The second-order valence-corrected chi connectivity index (χ2v) is 3.38. The number of nitrogens with one attached hydrogen (secondary N) is 1. The highest BCUT2D eigenvalue weighted by Crippen LogP contribution is 1.98. The maximum Gasteiger partial charge on any atom is 0.239 e. The summed E-state index contributed by atoms with van der Waals surface area (Å²) in [4.78, 5) is 22.1. The van der Waals surface area contributed by atoms with Gasteiger partial charge in [0.25, 0.3) is 0 Å². The van der Waals surface area contributed by atoms with E-state index < -0.39 is 0 Å². The third kappa shape index (κ3) is 3.86. The third-order valence-electron chi connectivity index (χ3n) is 2.15. The summed E-state index contributed by atoms with van der Waals surface area (Å²) in [6, 6.07) is 3.41. The van der Waals surface area contributed by atoms with Crippen molar-refractivity contribution in [3.63, 3.8) is 0 Å². The fourth-order valence-electron chi connectivity index (χ4n) is 1.33. The molecule has 88 valence electrons. The van der Waals surface area contributed by atoms with Crippen molar-refractivity contribution in [3.8, 4) is 0 Å². The number of hydrogen-bond acceptors (Lipinski definition) is 3. The van der Waals surface area contributed by atoms with Crippen molar-refractivity contribution >= 4 is 12.2 Å². The first-order valence-corrected chi connectivity index (χ1v) is 5.14. The first-order chi connectivity index (χ1) is 7.77. The van der Waals surface area contributed by atoms with Crippen LogP contribution in [-0.2, 0) is 16.1 Å². The summed E-state index contributed by atoms with van der Waals surface area (Å²) < 4.78 is 6.47. The predicted octanol–water partition coefficient (Wildman–Crippen LogP) is 0.453. The molecule has 0 atom stereocenters. The fraction of sp³-hybridized carbons (Fsp3) is 0.455. The molecule has 16 heavy (non-hydrogen) atoms. The molecule has 1 amide bonds. The molecule has 5 heteroatoms. The van der Waals surface area contributed by atoms with Crippen molar-refractivity contribution in [2.45, 2.75) is 13.0 Å². The van der Waals surface area contributed by atoms with E-state index in [2.05, 4.69) is 5.32 Å². The van der Waals surface area contributed by atoms with E-state index in [1.807, 2.05) is 0 Å². The number of rotatable bonds is 7. The Hall–Kier alpha value is -1.62. The Bertz CT molecular complexity index is 347. The van der Waals surface area contributed by atoms with E-state index >= 15 is 0 Å². The highest BCUT2D eigenvalue weighted by Gasteiger charge is 2.04. The summed E-state index contributed by atoms with van der Waals surface area (Å²) in [5, 5.41) is 2.75. The summed E-state index contributed by atoms with van der Waals surface area (Å²) in [6.45, 7) is 1.39. The molecule has 1 heterocycles. The van der Waals surface area contributed by atoms with E-state index in [1.165, 1.54) is 0 Å². The zero-order chi connectivity index (χ0) is 11.8. The summed E-state index contributed by atoms with van der Waals surface area (Å²) in [7, 11) is 1.62. The minimum absolute atomic E-state index is 0.101. The van der Waals surface area contributed by atoms with Gasteiger partial charge in [-0.25, -0.2) is 0 Å². The topological polar surface area (TPSA) is 60.3 Å². The van der Waals surface area contributed by atoms with E-state index in [-0.39, 0.29) is 12.5 Å². The average Bonchev–Trinajstić information content (AvgIpc) is 2.71. The largest absolute Gasteiger partial charge is 0.385 e. The van der Waals surface area contributed by atoms with Gasteiger partial charge in [-0.3, -0.25) is 9.59 Å². The van der Waals surface area contributed by atoms with Crippen LogP contribution in [0.15, 0.2) is 18.3 Å². The number of hydrogen-bond donors (Lipinski definition) is 1. The standard InChI is InChI=1S/C11H16N2O3/c1-16-7-3-5-12-11(15)8-13-6-2-4-10(13)9-14/h2,4,6,9H,3,5,7-8H2,1H3,(H,12,15). The minimum Gasteiger partial charge on any atom is -0.385 e. The van der Waals surface area contributed by atoms with Gasteiger partial charge in [0.1, 0.15) is 6.54 Å². The smallest absolute Gasteiger partial charge is 0.239 e. The number of nitrogens with zero attached hydrogens (tertiary/aromatic N) is 1. The Morgan fingerprint density at radius 1 is 1.62 bits per heavy atom. The van der Waals surface area contributed by atoms with Crippen LogP contribution in [0.4, 0.5) is 0 Å². The van der Waals surface area contributed by atoms with Crippen molar-refractivity contribution in [1.29, 1.82) is 0 Å². The molecule has 1 aromatic rings. The van der Waals surface area contributed by atoms with Gasteiger partial charge >= 0.3 is 0 Å². The highest BCUT2D eigenvalue weighted by molar-refractivity contribution is 5.78. The van der Waals surface area contributed by atoms with Gasteiger partial charge in [-0.2, -0.15) is 0 Å². The number of aromatic nitrogens is 1. The van der Waals surface area contributed by atoms with E-state index in [0.29, 0.717) is 18.8 Å². The normalized spacial score (nSPS) is 10.1. The maximum absolute atomic E-state index is 11.5. The summed E-state index contributed by atoms with van der Waals surface area (Å²) in [5.41, 5.74) is 0.507. The molecule has 5 nitrogen and oxygen atoms in total. The SMILES string of the molecule is COCCCNC(=O)Cn1cccc1C=O. The molecular weight excluding hydrogens is 208 g/mol. The first kappa shape index (κ1) is 12.4. The van der Waals surface area contributed by atoms with Gasteiger partial charge in [-0.05, 0) is 18.6 Å². The summed E-state index contributed by atoms with van der Waals surface area (Å²) in [5.74, 6) is -0.101. The van der Waals surface area contributed by atoms with Gasteiger partial charge in [0.15, 0.2) is 6.29 Å². The second kappa shape index (κ2) is 6.79. The molecule has 0 unspecified atom stereocenters. The summed E-state index contributed by atoms with van der Waals surface area (Å²) in [6.07, 6.45) is 3.23. The number of carbonyl (C=O) groups excluding carboxylic acids is 2. The van der Waals surface area contributed by atoms with E-state index in [1.54, 1.807) is 30.0 Å². The van der Waals surface area contributed by atoms with Crippen molar-refractivity contribution in [3.05, 3.63) is 24.0 Å². The number of aldehydes is 1. The number of methoxy groups -OCH3 is 1. The van der Waals surface area contributed by atoms with E-state index in [9.17, 15) is 9.59 Å². The van der Waals surface area contributed by atoms with Crippen LogP contribution < -0.4 is 5.32 Å². The lowest BCUT2D eigenvalue weighted by atomic mass is 10.4. The molecule has 0 saturated carbocycles. The quantitative estimate of drug-likeness (QED) is 0.540. The van der Waals surface area contributed by atoms with Crippen molar-refractivity contribution < 1.29 is 14.3 Å². The Labute approximate surface area is 94.4 Å². The van der Waals surface area contributed by atoms with Crippen LogP contribution in [0.25, 0.3) is 0 Å². The van der Waals surface area contributed by atoms with E-state index in [0.717, 1.165) is 12.7 Å². The molecule has 0 radical (unpaired) electrons. The first-order valence-electron chi connectivity index (χ1n) is 5.14. The Morgan fingerprint density at radius 2 is 2.44 bits per heavy atom. The Balaban J connectivity index is 2.31. The van der Waals surface area contributed by atoms with Crippen LogP contribution in [0.2, 0.25) is 0 Å². The molecule has 0 aliphatic rings. The predicted molar refractivity (Wildman–Crippen MR) is 59.3 cm³/mol. The Morgan fingerprint density at radius 3 is 3.12 bits per heavy atom. The molecule has 0 aliphatic heterocycles. The zero-order valence-electron chi connectivity index (χ0n) is 9.31. The molecule has 0 saturated heterocycles. The summed E-state index contributed by atoms with van der Waals surface area (Å²) >= 11 is 0. The van der Waals surface area contributed by atoms with Gasteiger partial charge < -0.3 is 14.6 Å². The number of carbonyl (C=O) groups is 2. The average molecular weight is 224 g/mol. The van der Waals surface area contributed by atoms with Crippen LogP contribution in [-0.4, -0.2) is 37.0 Å². The van der Waals surface area contributed by atoms with Crippen molar-refractivity contribution in [2.24, 2.45) is 0 Å². The van der Waals surface area contributed by atoms with Gasteiger partial charge in [0.05, 0.1) is 5.69 Å². The second-order valence-electron chi connectivity index (χ2n) is 3.38. The van der Waals surface area contributed by atoms with Crippen LogP contribution in [0.5, 0.6) is 0 Å². The molecule has 1 rings (SSSR count). The Kier molecular flexibility index (Phi) is 5.28. The van der Waals surface area contributed by atoms with Crippen LogP contribution in [0.1, 0.15) is 16.9 Å². The monoisotopic (exact) mass is 224 g/mol. The number of ether oxygens (including phenoxy) is 1. The lowest BCUT2D eigenvalue weighted by Gasteiger charge is -2.06. The molecule has 0 aliphatic carbocycles. The lowest BCUT2D eigenvalue weighted by Crippen LogP contribution is -2.29. The molecule has 0 fully saturated rings. The van der Waals surface area contributed by atoms with Gasteiger partial charge in [-0.15, -0.1) is 0 Å². The molecule has 0 spiro atoms. The highest BCUT2D eigenvalue weighted by atomic mass is 16.5. The van der Waals surface area contributed by atoms with Crippen LogP contribution >= 0.6 is 0 Å². The van der Waals surface area contributed by atoms with E-state index in [4.69, 9.17) is 4.74 Å². The number of amides is 1. The molecule has 1 aromatic heterocycles. The molecule has 1 N–H and O–H groups in total.